The number of thiocarbonyl (C=S) groups is 1. The molecule has 2 aromatic carbocycles. The molecular weight excluding hydrogens is 428 g/mol. The van der Waals surface area contributed by atoms with Crippen LogP contribution in [-0.4, -0.2) is 34.8 Å². The quantitative estimate of drug-likeness (QED) is 0.437. The van der Waals surface area contributed by atoms with Gasteiger partial charge in [-0.1, -0.05) is 73.6 Å². The van der Waals surface area contributed by atoms with E-state index >= 15 is 0 Å². The number of aromatic nitrogens is 1. The van der Waals surface area contributed by atoms with Crippen molar-refractivity contribution in [2.24, 2.45) is 5.92 Å². The van der Waals surface area contributed by atoms with Crippen molar-refractivity contribution >= 4 is 23.2 Å². The van der Waals surface area contributed by atoms with Crippen molar-refractivity contribution in [1.82, 2.24) is 15.4 Å². The minimum absolute atomic E-state index is 0.603. The zero-order chi connectivity index (χ0) is 23.2. The first kappa shape index (κ1) is 23.3. The van der Waals surface area contributed by atoms with Gasteiger partial charge in [0.2, 0.25) is 5.88 Å². The van der Waals surface area contributed by atoms with Gasteiger partial charge in [0.25, 0.3) is 0 Å². The van der Waals surface area contributed by atoms with Crippen molar-refractivity contribution in [3.8, 4) is 11.3 Å². The van der Waals surface area contributed by atoms with E-state index in [1.165, 1.54) is 11.1 Å². The van der Waals surface area contributed by atoms with E-state index < -0.39 is 0 Å². The standard InChI is InChI=1S/C27H34N4OS/c1-4-28-27(33)31(16-14-20(2)3)19-24-25(22-11-6-5-7-12-22)29-32-26(24)30-17-15-21-10-8-9-13-23(21)18-30/h5-13,20H,4,14-19H2,1-3H3,(H,28,33). The molecule has 1 aliphatic heterocycles. The molecule has 3 aromatic rings. The van der Waals surface area contributed by atoms with Crippen molar-refractivity contribution in [1.29, 1.82) is 0 Å². The summed E-state index contributed by atoms with van der Waals surface area (Å²) in [6.45, 7) is 10.7. The number of fused-ring (bicyclic) bond motifs is 1. The van der Waals surface area contributed by atoms with Crippen molar-refractivity contribution in [3.05, 3.63) is 71.3 Å². The Hall–Kier alpha value is -2.86. The number of rotatable bonds is 8. The van der Waals surface area contributed by atoms with Crippen LogP contribution >= 0.6 is 12.2 Å². The summed E-state index contributed by atoms with van der Waals surface area (Å²) < 4.78 is 6.06. The molecule has 2 heterocycles. The molecule has 0 bridgehead atoms. The molecule has 5 nitrogen and oxygen atoms in total. The third-order valence-corrected chi connectivity index (χ3v) is 6.58. The summed E-state index contributed by atoms with van der Waals surface area (Å²) in [7, 11) is 0. The topological polar surface area (TPSA) is 44.5 Å². The molecule has 174 valence electrons. The van der Waals surface area contributed by atoms with Gasteiger partial charge in [0, 0.05) is 31.7 Å². The van der Waals surface area contributed by atoms with Crippen LogP contribution in [0.3, 0.4) is 0 Å². The molecule has 0 saturated carbocycles. The smallest absolute Gasteiger partial charge is 0.233 e. The third-order valence-electron chi connectivity index (χ3n) is 6.17. The fourth-order valence-corrected chi connectivity index (χ4v) is 4.60. The summed E-state index contributed by atoms with van der Waals surface area (Å²) >= 11 is 5.76. The first-order valence-corrected chi connectivity index (χ1v) is 12.4. The van der Waals surface area contributed by atoms with Crippen molar-refractivity contribution < 1.29 is 4.52 Å². The van der Waals surface area contributed by atoms with Crippen LogP contribution < -0.4 is 10.2 Å². The molecule has 0 saturated heterocycles. The predicted octanol–water partition coefficient (Wildman–Crippen LogP) is 5.65. The molecule has 0 radical (unpaired) electrons. The molecule has 4 rings (SSSR count). The van der Waals surface area contributed by atoms with Gasteiger partial charge in [0.05, 0.1) is 12.1 Å². The molecular formula is C27H34N4OS. The average Bonchev–Trinajstić information content (AvgIpc) is 3.25. The number of anilines is 1. The Balaban J connectivity index is 1.69. The number of hydrogen-bond acceptors (Lipinski definition) is 4. The third kappa shape index (κ3) is 5.56. The number of benzene rings is 2. The van der Waals surface area contributed by atoms with Crippen LogP contribution in [0.25, 0.3) is 11.3 Å². The van der Waals surface area contributed by atoms with Gasteiger partial charge in [-0.2, -0.15) is 0 Å². The van der Waals surface area contributed by atoms with Gasteiger partial charge in [0.1, 0.15) is 5.69 Å². The lowest BCUT2D eigenvalue weighted by Crippen LogP contribution is -2.40. The Morgan fingerprint density at radius 2 is 1.85 bits per heavy atom. The maximum atomic E-state index is 6.06. The van der Waals surface area contributed by atoms with E-state index in [0.29, 0.717) is 12.5 Å². The number of nitrogens with one attached hydrogen (secondary N) is 1. The summed E-state index contributed by atoms with van der Waals surface area (Å²) in [6.07, 6.45) is 2.08. The molecule has 6 heteroatoms. The van der Waals surface area contributed by atoms with Gasteiger partial charge >= 0.3 is 0 Å². The molecule has 0 fully saturated rings. The highest BCUT2D eigenvalue weighted by Crippen LogP contribution is 2.35. The van der Waals surface area contributed by atoms with Crippen LogP contribution in [0.4, 0.5) is 5.88 Å². The van der Waals surface area contributed by atoms with E-state index in [9.17, 15) is 0 Å². The normalized spacial score (nSPS) is 13.2. The molecule has 0 spiro atoms. The van der Waals surface area contributed by atoms with E-state index in [1.807, 2.05) is 18.2 Å². The van der Waals surface area contributed by atoms with Crippen LogP contribution in [-0.2, 0) is 19.5 Å². The molecule has 0 unspecified atom stereocenters. The fourth-order valence-electron chi connectivity index (χ4n) is 4.30. The van der Waals surface area contributed by atoms with E-state index in [2.05, 4.69) is 77.4 Å². The second-order valence-electron chi connectivity index (χ2n) is 9.06. The lowest BCUT2D eigenvalue weighted by Gasteiger charge is -2.31. The fraction of sp³-hybridized carbons (Fsp3) is 0.407. The lowest BCUT2D eigenvalue weighted by atomic mass is 9.99. The number of hydrogen-bond donors (Lipinski definition) is 1. The second kappa shape index (κ2) is 10.8. The highest BCUT2D eigenvalue weighted by atomic mass is 32.1. The predicted molar refractivity (Wildman–Crippen MR) is 139 cm³/mol. The van der Waals surface area contributed by atoms with Crippen molar-refractivity contribution in [3.63, 3.8) is 0 Å². The van der Waals surface area contributed by atoms with E-state index in [4.69, 9.17) is 16.7 Å². The zero-order valence-corrected chi connectivity index (χ0v) is 20.7. The maximum Gasteiger partial charge on any atom is 0.233 e. The van der Waals surface area contributed by atoms with Crippen LogP contribution in [0, 0.1) is 5.92 Å². The highest BCUT2D eigenvalue weighted by Gasteiger charge is 2.27. The number of nitrogens with zero attached hydrogens (tertiary/aromatic N) is 3. The molecule has 0 amide bonds. The summed E-state index contributed by atoms with van der Waals surface area (Å²) in [4.78, 5) is 4.59. The van der Waals surface area contributed by atoms with Crippen molar-refractivity contribution in [2.45, 2.75) is 46.7 Å². The van der Waals surface area contributed by atoms with Gasteiger partial charge in [-0.25, -0.2) is 0 Å². The molecule has 0 atom stereocenters. The second-order valence-corrected chi connectivity index (χ2v) is 9.45. The first-order valence-electron chi connectivity index (χ1n) is 11.9. The van der Waals surface area contributed by atoms with Crippen LogP contribution in [0.15, 0.2) is 59.1 Å². The summed E-state index contributed by atoms with van der Waals surface area (Å²) in [6, 6.07) is 19.0. The monoisotopic (exact) mass is 462 g/mol. The molecule has 0 aliphatic carbocycles. The Morgan fingerprint density at radius 1 is 1.12 bits per heavy atom. The van der Waals surface area contributed by atoms with Gasteiger partial charge in [-0.15, -0.1) is 0 Å². The lowest BCUT2D eigenvalue weighted by molar-refractivity contribution is 0.366. The summed E-state index contributed by atoms with van der Waals surface area (Å²) in [5.41, 5.74) is 5.85. The van der Waals surface area contributed by atoms with E-state index in [0.717, 1.165) is 66.8 Å². The van der Waals surface area contributed by atoms with Gasteiger partial charge in [-0.3, -0.25) is 0 Å². The van der Waals surface area contributed by atoms with Crippen LogP contribution in [0.1, 0.15) is 43.9 Å². The van der Waals surface area contributed by atoms with Gasteiger partial charge in [0.15, 0.2) is 5.11 Å². The minimum Gasteiger partial charge on any atom is -0.363 e. The SMILES string of the molecule is CCNC(=S)N(CCC(C)C)Cc1c(-c2ccccc2)noc1N1CCc2ccccc2C1. The molecule has 33 heavy (non-hydrogen) atoms. The molecule has 1 aromatic heterocycles. The van der Waals surface area contributed by atoms with E-state index in [1.54, 1.807) is 0 Å². The van der Waals surface area contributed by atoms with Gasteiger partial charge in [-0.05, 0) is 49.0 Å². The minimum atomic E-state index is 0.603. The van der Waals surface area contributed by atoms with Crippen molar-refractivity contribution in [2.75, 3.05) is 24.5 Å². The first-order chi connectivity index (χ1) is 16.1. The van der Waals surface area contributed by atoms with E-state index in [-0.39, 0.29) is 0 Å². The Kier molecular flexibility index (Phi) is 7.65. The van der Waals surface area contributed by atoms with Crippen LogP contribution in [0.2, 0.25) is 0 Å². The Bertz CT molecular complexity index is 1060. The van der Waals surface area contributed by atoms with Gasteiger partial charge < -0.3 is 19.6 Å². The highest BCUT2D eigenvalue weighted by molar-refractivity contribution is 7.80. The molecule has 1 aliphatic rings. The molecule has 1 N–H and O–H groups in total. The van der Waals surface area contributed by atoms with Crippen LogP contribution in [0.5, 0.6) is 0 Å². The average molecular weight is 463 g/mol. The summed E-state index contributed by atoms with van der Waals surface area (Å²) in [5.74, 6) is 1.46. The summed E-state index contributed by atoms with van der Waals surface area (Å²) in [5, 5.41) is 8.70. The Morgan fingerprint density at radius 3 is 2.58 bits per heavy atom. The zero-order valence-electron chi connectivity index (χ0n) is 19.9. The largest absolute Gasteiger partial charge is 0.363 e. The maximum absolute atomic E-state index is 6.06. The Labute approximate surface area is 202 Å².